The molecule has 0 atom stereocenters. The van der Waals surface area contributed by atoms with E-state index in [0.717, 1.165) is 44.4 Å². The standard InChI is InChI=1S/C24H41N5O.HI/c1-4-25-24(26-12-15-29-14-7-13-28(3)16-17-29)27-19-21-11-10-20(2)18-23(21)30-22-8-5-6-9-22;/h10-11,18,22H,4-9,12-17,19H2,1-3H3,(H2,25,26,27);1H. The second kappa shape index (κ2) is 14.2. The summed E-state index contributed by atoms with van der Waals surface area (Å²) in [5, 5.41) is 6.90. The Morgan fingerprint density at radius 1 is 1.10 bits per heavy atom. The third-order valence-electron chi connectivity index (χ3n) is 6.10. The molecule has 0 bridgehead atoms. The van der Waals surface area contributed by atoms with E-state index in [9.17, 15) is 0 Å². The fourth-order valence-electron chi connectivity index (χ4n) is 4.25. The molecule has 0 unspecified atom stereocenters. The van der Waals surface area contributed by atoms with Crippen molar-refractivity contribution < 1.29 is 4.74 Å². The maximum Gasteiger partial charge on any atom is 0.191 e. The Balaban J connectivity index is 0.00000341. The van der Waals surface area contributed by atoms with Crippen LogP contribution >= 0.6 is 24.0 Å². The average molecular weight is 544 g/mol. The molecule has 0 aromatic heterocycles. The minimum Gasteiger partial charge on any atom is -0.490 e. The van der Waals surface area contributed by atoms with E-state index in [2.05, 4.69) is 59.5 Å². The second-order valence-corrected chi connectivity index (χ2v) is 8.76. The molecule has 1 aliphatic heterocycles. The van der Waals surface area contributed by atoms with Gasteiger partial charge < -0.3 is 25.2 Å². The van der Waals surface area contributed by atoms with Crippen LogP contribution in [0, 0.1) is 6.92 Å². The lowest BCUT2D eigenvalue weighted by molar-refractivity contribution is 0.208. The topological polar surface area (TPSA) is 52.1 Å². The van der Waals surface area contributed by atoms with E-state index in [0.29, 0.717) is 12.6 Å². The number of hydrogen-bond acceptors (Lipinski definition) is 4. The number of halogens is 1. The molecule has 1 saturated heterocycles. The number of aryl methyl sites for hydroxylation is 1. The van der Waals surface area contributed by atoms with Crippen LogP contribution in [0.3, 0.4) is 0 Å². The van der Waals surface area contributed by atoms with Gasteiger partial charge in [-0.2, -0.15) is 0 Å². The van der Waals surface area contributed by atoms with Crippen LogP contribution in [-0.2, 0) is 6.54 Å². The molecular formula is C24H42IN5O. The predicted octanol–water partition coefficient (Wildman–Crippen LogP) is 3.63. The highest BCUT2D eigenvalue weighted by Gasteiger charge is 2.18. The lowest BCUT2D eigenvalue weighted by Gasteiger charge is -2.21. The number of nitrogens with zero attached hydrogens (tertiary/aromatic N) is 3. The van der Waals surface area contributed by atoms with E-state index >= 15 is 0 Å². The fraction of sp³-hybridized carbons (Fsp3) is 0.708. The first kappa shape index (κ1) is 26.2. The van der Waals surface area contributed by atoms with Crippen LogP contribution < -0.4 is 15.4 Å². The van der Waals surface area contributed by atoms with Crippen molar-refractivity contribution in [1.82, 2.24) is 20.4 Å². The number of ether oxygens (including phenoxy) is 1. The summed E-state index contributed by atoms with van der Waals surface area (Å²) in [6, 6.07) is 6.49. The van der Waals surface area contributed by atoms with Crippen LogP contribution in [-0.4, -0.2) is 74.7 Å². The molecule has 1 saturated carbocycles. The molecule has 2 fully saturated rings. The highest BCUT2D eigenvalue weighted by Crippen LogP contribution is 2.28. The van der Waals surface area contributed by atoms with Gasteiger partial charge in [0.15, 0.2) is 5.96 Å². The van der Waals surface area contributed by atoms with E-state index in [1.54, 1.807) is 0 Å². The van der Waals surface area contributed by atoms with Gasteiger partial charge in [0, 0.05) is 38.3 Å². The van der Waals surface area contributed by atoms with Crippen molar-refractivity contribution in [2.75, 3.05) is 52.9 Å². The lowest BCUT2D eigenvalue weighted by atomic mass is 10.1. The van der Waals surface area contributed by atoms with Crippen molar-refractivity contribution in [3.8, 4) is 5.75 Å². The molecule has 2 aliphatic rings. The molecule has 1 aromatic rings. The average Bonchev–Trinajstić information content (AvgIpc) is 3.15. The molecule has 0 spiro atoms. The van der Waals surface area contributed by atoms with Crippen molar-refractivity contribution in [3.05, 3.63) is 29.3 Å². The fourth-order valence-corrected chi connectivity index (χ4v) is 4.25. The summed E-state index contributed by atoms with van der Waals surface area (Å²) in [5.41, 5.74) is 2.41. The van der Waals surface area contributed by atoms with Gasteiger partial charge in [0.2, 0.25) is 0 Å². The van der Waals surface area contributed by atoms with Crippen LogP contribution in [0.15, 0.2) is 23.2 Å². The first-order valence-corrected chi connectivity index (χ1v) is 11.8. The van der Waals surface area contributed by atoms with Gasteiger partial charge in [-0.15, -0.1) is 24.0 Å². The quantitative estimate of drug-likeness (QED) is 0.298. The minimum absolute atomic E-state index is 0. The summed E-state index contributed by atoms with van der Waals surface area (Å²) in [4.78, 5) is 9.82. The molecule has 7 heteroatoms. The highest BCUT2D eigenvalue weighted by atomic mass is 127. The molecule has 1 heterocycles. The van der Waals surface area contributed by atoms with Crippen LogP contribution in [0.2, 0.25) is 0 Å². The normalized spacial score (nSPS) is 19.0. The molecule has 1 aliphatic carbocycles. The molecule has 3 rings (SSSR count). The van der Waals surface area contributed by atoms with Gasteiger partial charge in [0.25, 0.3) is 0 Å². The summed E-state index contributed by atoms with van der Waals surface area (Å²) >= 11 is 0. The Morgan fingerprint density at radius 2 is 1.90 bits per heavy atom. The van der Waals surface area contributed by atoms with Crippen LogP contribution in [0.25, 0.3) is 0 Å². The van der Waals surface area contributed by atoms with E-state index in [1.165, 1.54) is 56.3 Å². The highest BCUT2D eigenvalue weighted by molar-refractivity contribution is 14.0. The molecule has 2 N–H and O–H groups in total. The van der Waals surface area contributed by atoms with E-state index in [4.69, 9.17) is 9.73 Å². The van der Waals surface area contributed by atoms with Gasteiger partial charge >= 0.3 is 0 Å². The predicted molar refractivity (Wildman–Crippen MR) is 141 cm³/mol. The first-order chi connectivity index (χ1) is 14.6. The molecule has 31 heavy (non-hydrogen) atoms. The van der Waals surface area contributed by atoms with E-state index in [-0.39, 0.29) is 24.0 Å². The van der Waals surface area contributed by atoms with Crippen molar-refractivity contribution in [1.29, 1.82) is 0 Å². The third-order valence-corrected chi connectivity index (χ3v) is 6.10. The van der Waals surface area contributed by atoms with Crippen LogP contribution in [0.1, 0.15) is 50.2 Å². The number of guanidine groups is 1. The number of rotatable bonds is 8. The van der Waals surface area contributed by atoms with Crippen LogP contribution in [0.4, 0.5) is 0 Å². The van der Waals surface area contributed by atoms with Crippen molar-refractivity contribution in [2.24, 2.45) is 4.99 Å². The number of aliphatic imine (C=N–C) groups is 1. The monoisotopic (exact) mass is 543 g/mol. The SMILES string of the molecule is CCNC(=NCc1ccc(C)cc1OC1CCCC1)NCCN1CCCN(C)CC1.I. The van der Waals surface area contributed by atoms with E-state index < -0.39 is 0 Å². The second-order valence-electron chi connectivity index (χ2n) is 8.76. The molecule has 6 nitrogen and oxygen atoms in total. The van der Waals surface area contributed by atoms with E-state index in [1.807, 2.05) is 0 Å². The Bertz CT molecular complexity index is 678. The Labute approximate surface area is 206 Å². The number of likely N-dealkylation sites (N-methyl/N-ethyl adjacent to an activating group) is 1. The van der Waals surface area contributed by atoms with Crippen molar-refractivity contribution in [2.45, 2.75) is 58.6 Å². The third kappa shape index (κ3) is 9.14. The first-order valence-electron chi connectivity index (χ1n) is 11.8. The van der Waals surface area contributed by atoms with Crippen molar-refractivity contribution in [3.63, 3.8) is 0 Å². The summed E-state index contributed by atoms with van der Waals surface area (Å²) in [5.74, 6) is 1.90. The maximum absolute atomic E-state index is 6.34. The zero-order valence-corrected chi connectivity index (χ0v) is 22.0. The Kier molecular flexibility index (Phi) is 12.0. The maximum atomic E-state index is 6.34. The van der Waals surface area contributed by atoms with Gasteiger partial charge in [-0.1, -0.05) is 12.1 Å². The zero-order chi connectivity index (χ0) is 21.2. The Morgan fingerprint density at radius 3 is 2.68 bits per heavy atom. The smallest absolute Gasteiger partial charge is 0.191 e. The molecule has 0 radical (unpaired) electrons. The van der Waals surface area contributed by atoms with Gasteiger partial charge in [-0.25, -0.2) is 4.99 Å². The lowest BCUT2D eigenvalue weighted by Crippen LogP contribution is -2.42. The summed E-state index contributed by atoms with van der Waals surface area (Å²) in [6.45, 7) is 12.4. The number of nitrogens with one attached hydrogen (secondary N) is 2. The van der Waals surface area contributed by atoms with Gasteiger partial charge in [-0.3, -0.25) is 0 Å². The van der Waals surface area contributed by atoms with Crippen LogP contribution in [0.5, 0.6) is 5.75 Å². The molecule has 0 amide bonds. The summed E-state index contributed by atoms with van der Waals surface area (Å²) in [6.07, 6.45) is 6.54. The summed E-state index contributed by atoms with van der Waals surface area (Å²) in [7, 11) is 2.22. The summed E-state index contributed by atoms with van der Waals surface area (Å²) < 4.78 is 6.34. The molecular weight excluding hydrogens is 501 g/mol. The minimum atomic E-state index is 0. The molecule has 176 valence electrons. The Hall–Kier alpha value is -1.06. The van der Waals surface area contributed by atoms with Gasteiger partial charge in [-0.05, 0) is 77.7 Å². The molecule has 1 aromatic carbocycles. The number of benzene rings is 1. The van der Waals surface area contributed by atoms with Gasteiger partial charge in [0.1, 0.15) is 5.75 Å². The zero-order valence-electron chi connectivity index (χ0n) is 19.7. The number of hydrogen-bond donors (Lipinski definition) is 2. The largest absolute Gasteiger partial charge is 0.490 e. The van der Waals surface area contributed by atoms with Crippen molar-refractivity contribution >= 4 is 29.9 Å². The van der Waals surface area contributed by atoms with Gasteiger partial charge in [0.05, 0.1) is 12.6 Å².